The standard InChI is InChI=1S/C11H14ClF3N2O/c1-2-5-16-10-4-3-8(12)9(17-10)6-18-7-11(13,14)15/h3-4H,2,5-7H2,1H3,(H,16,17). The summed E-state index contributed by atoms with van der Waals surface area (Å²) in [4.78, 5) is 4.09. The summed E-state index contributed by atoms with van der Waals surface area (Å²) in [5.41, 5.74) is 0.294. The minimum absolute atomic E-state index is 0.264. The number of nitrogens with zero attached hydrogens (tertiary/aromatic N) is 1. The predicted molar refractivity (Wildman–Crippen MR) is 63.7 cm³/mol. The molecule has 1 N–H and O–H groups in total. The smallest absolute Gasteiger partial charge is 0.370 e. The number of hydrogen-bond donors (Lipinski definition) is 1. The number of alkyl halides is 3. The van der Waals surface area contributed by atoms with Gasteiger partial charge in [0.2, 0.25) is 0 Å². The highest BCUT2D eigenvalue weighted by atomic mass is 35.5. The van der Waals surface area contributed by atoms with E-state index in [1.165, 1.54) is 0 Å². The Balaban J connectivity index is 2.58. The van der Waals surface area contributed by atoms with Gasteiger partial charge in [0.25, 0.3) is 0 Å². The zero-order valence-electron chi connectivity index (χ0n) is 9.85. The third-order valence-electron chi connectivity index (χ3n) is 1.98. The molecule has 0 unspecified atom stereocenters. The van der Waals surface area contributed by atoms with Gasteiger partial charge in [0.1, 0.15) is 12.4 Å². The number of ether oxygens (including phenoxy) is 1. The molecule has 0 bridgehead atoms. The highest BCUT2D eigenvalue weighted by Gasteiger charge is 2.27. The van der Waals surface area contributed by atoms with E-state index in [-0.39, 0.29) is 6.61 Å². The van der Waals surface area contributed by atoms with E-state index in [1.807, 2.05) is 6.92 Å². The van der Waals surface area contributed by atoms with Crippen LogP contribution in [0.25, 0.3) is 0 Å². The summed E-state index contributed by atoms with van der Waals surface area (Å²) in [6, 6.07) is 3.25. The van der Waals surface area contributed by atoms with Crippen LogP contribution in [0, 0.1) is 0 Å². The fraction of sp³-hybridized carbons (Fsp3) is 0.545. The van der Waals surface area contributed by atoms with E-state index in [9.17, 15) is 13.2 Å². The Kier molecular flexibility index (Phi) is 5.68. The Morgan fingerprint density at radius 3 is 2.72 bits per heavy atom. The van der Waals surface area contributed by atoms with Crippen LogP contribution < -0.4 is 5.32 Å². The maximum absolute atomic E-state index is 11.9. The second-order valence-corrected chi connectivity index (χ2v) is 4.07. The minimum atomic E-state index is -4.34. The number of pyridine rings is 1. The lowest BCUT2D eigenvalue weighted by molar-refractivity contribution is -0.176. The van der Waals surface area contributed by atoms with E-state index in [4.69, 9.17) is 11.6 Å². The molecule has 0 aliphatic carbocycles. The van der Waals surface area contributed by atoms with Gasteiger partial charge in [-0.3, -0.25) is 0 Å². The van der Waals surface area contributed by atoms with Crippen LogP contribution in [-0.2, 0) is 11.3 Å². The van der Waals surface area contributed by atoms with Crippen molar-refractivity contribution < 1.29 is 17.9 Å². The molecule has 0 amide bonds. The summed E-state index contributed by atoms with van der Waals surface area (Å²) in [5, 5.41) is 3.31. The monoisotopic (exact) mass is 282 g/mol. The van der Waals surface area contributed by atoms with Crippen molar-refractivity contribution >= 4 is 17.4 Å². The quantitative estimate of drug-likeness (QED) is 0.865. The Morgan fingerprint density at radius 1 is 1.39 bits per heavy atom. The van der Waals surface area contributed by atoms with Gasteiger partial charge >= 0.3 is 6.18 Å². The molecule has 0 aliphatic rings. The Labute approximate surface area is 108 Å². The van der Waals surface area contributed by atoms with Crippen molar-refractivity contribution in [2.45, 2.75) is 26.1 Å². The minimum Gasteiger partial charge on any atom is -0.370 e. The van der Waals surface area contributed by atoms with Crippen molar-refractivity contribution in [3.05, 3.63) is 22.8 Å². The first-order valence-electron chi connectivity index (χ1n) is 5.46. The molecule has 102 valence electrons. The molecule has 1 aromatic rings. The van der Waals surface area contributed by atoms with Gasteiger partial charge in [-0.25, -0.2) is 4.98 Å². The summed E-state index contributed by atoms with van der Waals surface area (Å²) in [7, 11) is 0. The second-order valence-electron chi connectivity index (χ2n) is 3.66. The molecule has 0 atom stereocenters. The van der Waals surface area contributed by atoms with Crippen LogP contribution in [0.2, 0.25) is 5.02 Å². The lowest BCUT2D eigenvalue weighted by atomic mass is 10.3. The number of hydrogen-bond acceptors (Lipinski definition) is 3. The molecular weight excluding hydrogens is 269 g/mol. The van der Waals surface area contributed by atoms with Gasteiger partial charge in [0.15, 0.2) is 0 Å². The second kappa shape index (κ2) is 6.80. The van der Waals surface area contributed by atoms with E-state index in [1.54, 1.807) is 12.1 Å². The van der Waals surface area contributed by atoms with Crippen molar-refractivity contribution in [3.63, 3.8) is 0 Å². The SMILES string of the molecule is CCCNc1ccc(Cl)c(COCC(F)(F)F)n1. The zero-order valence-corrected chi connectivity index (χ0v) is 10.6. The van der Waals surface area contributed by atoms with E-state index in [0.29, 0.717) is 16.5 Å². The van der Waals surface area contributed by atoms with Gasteiger partial charge in [0, 0.05) is 6.54 Å². The van der Waals surface area contributed by atoms with E-state index in [2.05, 4.69) is 15.0 Å². The van der Waals surface area contributed by atoms with Gasteiger partial charge in [-0.15, -0.1) is 0 Å². The molecule has 18 heavy (non-hydrogen) atoms. The predicted octanol–water partition coefficient (Wildman–Crippen LogP) is 3.64. The summed E-state index contributed by atoms with van der Waals surface area (Å²) >= 11 is 5.83. The maximum atomic E-state index is 11.9. The lowest BCUT2D eigenvalue weighted by Crippen LogP contribution is -2.17. The molecule has 0 radical (unpaired) electrons. The molecule has 7 heteroatoms. The molecule has 1 rings (SSSR count). The van der Waals surface area contributed by atoms with Crippen molar-refractivity contribution in [1.29, 1.82) is 0 Å². The van der Waals surface area contributed by atoms with Crippen LogP contribution in [0.4, 0.5) is 19.0 Å². The van der Waals surface area contributed by atoms with Crippen LogP contribution in [-0.4, -0.2) is 24.3 Å². The number of aromatic nitrogens is 1. The first kappa shape index (κ1) is 15.0. The molecular formula is C11H14ClF3N2O. The number of anilines is 1. The number of rotatable bonds is 6. The summed E-state index contributed by atoms with van der Waals surface area (Å²) in [6.45, 7) is 1.16. The van der Waals surface area contributed by atoms with Crippen LogP contribution in [0.5, 0.6) is 0 Å². The lowest BCUT2D eigenvalue weighted by Gasteiger charge is -2.10. The molecule has 1 heterocycles. The van der Waals surface area contributed by atoms with E-state index in [0.717, 1.165) is 13.0 Å². The van der Waals surface area contributed by atoms with Gasteiger partial charge in [-0.2, -0.15) is 13.2 Å². The first-order chi connectivity index (χ1) is 8.42. The normalized spacial score (nSPS) is 11.6. The van der Waals surface area contributed by atoms with Crippen LogP contribution in [0.15, 0.2) is 12.1 Å². The molecule has 0 fully saturated rings. The van der Waals surface area contributed by atoms with E-state index >= 15 is 0 Å². The first-order valence-corrected chi connectivity index (χ1v) is 5.84. The van der Waals surface area contributed by atoms with Crippen molar-refractivity contribution in [3.8, 4) is 0 Å². The Bertz CT molecular complexity index is 385. The average molecular weight is 283 g/mol. The van der Waals surface area contributed by atoms with Crippen molar-refractivity contribution in [2.75, 3.05) is 18.5 Å². The summed E-state index contributed by atoms with van der Waals surface area (Å²) in [6.07, 6.45) is -3.42. The van der Waals surface area contributed by atoms with E-state index < -0.39 is 12.8 Å². The average Bonchev–Trinajstić information content (AvgIpc) is 2.28. The van der Waals surface area contributed by atoms with Gasteiger partial charge in [-0.05, 0) is 18.6 Å². The highest BCUT2D eigenvalue weighted by molar-refractivity contribution is 6.31. The van der Waals surface area contributed by atoms with Crippen LogP contribution in [0.1, 0.15) is 19.0 Å². The molecule has 0 aromatic carbocycles. The van der Waals surface area contributed by atoms with Crippen molar-refractivity contribution in [1.82, 2.24) is 4.98 Å². The molecule has 0 saturated carbocycles. The summed E-state index contributed by atoms with van der Waals surface area (Å²) < 4.78 is 40.3. The van der Waals surface area contributed by atoms with Gasteiger partial charge in [0.05, 0.1) is 17.3 Å². The van der Waals surface area contributed by atoms with Crippen LogP contribution >= 0.6 is 11.6 Å². The summed E-state index contributed by atoms with van der Waals surface area (Å²) in [5.74, 6) is 0.576. The van der Waals surface area contributed by atoms with Gasteiger partial charge < -0.3 is 10.1 Å². The Hall–Kier alpha value is -1.01. The molecule has 3 nitrogen and oxygen atoms in total. The number of nitrogens with one attached hydrogen (secondary N) is 1. The zero-order chi connectivity index (χ0) is 13.6. The fourth-order valence-corrected chi connectivity index (χ4v) is 1.36. The fourth-order valence-electron chi connectivity index (χ4n) is 1.20. The number of halogens is 4. The molecule has 0 saturated heterocycles. The molecule has 0 aliphatic heterocycles. The molecule has 1 aromatic heterocycles. The van der Waals surface area contributed by atoms with Gasteiger partial charge in [-0.1, -0.05) is 18.5 Å². The highest BCUT2D eigenvalue weighted by Crippen LogP contribution is 2.20. The van der Waals surface area contributed by atoms with Crippen LogP contribution in [0.3, 0.4) is 0 Å². The largest absolute Gasteiger partial charge is 0.411 e. The third kappa shape index (κ3) is 5.55. The third-order valence-corrected chi connectivity index (χ3v) is 2.32. The van der Waals surface area contributed by atoms with Crippen molar-refractivity contribution in [2.24, 2.45) is 0 Å². The maximum Gasteiger partial charge on any atom is 0.411 e. The molecule has 0 spiro atoms. The Morgan fingerprint density at radius 2 is 2.11 bits per heavy atom. The topological polar surface area (TPSA) is 34.1 Å².